The third-order valence-electron chi connectivity index (χ3n) is 13.8. The molecular formula is C60H116O5. The third-order valence-corrected chi connectivity index (χ3v) is 13.8. The van der Waals surface area contributed by atoms with Crippen LogP contribution in [-0.2, 0) is 19.1 Å². The monoisotopic (exact) mass is 917 g/mol. The summed E-state index contributed by atoms with van der Waals surface area (Å²) in [5, 5.41) is 9.61. The number of aliphatic hydroxyl groups is 1. The van der Waals surface area contributed by atoms with Gasteiger partial charge in [-0.3, -0.25) is 9.59 Å². The molecule has 0 heterocycles. The first-order chi connectivity index (χ1) is 32.1. The fourth-order valence-corrected chi connectivity index (χ4v) is 9.32. The van der Waals surface area contributed by atoms with E-state index in [4.69, 9.17) is 9.47 Å². The van der Waals surface area contributed by atoms with Crippen molar-refractivity contribution in [1.82, 2.24) is 0 Å². The fourth-order valence-electron chi connectivity index (χ4n) is 9.32. The van der Waals surface area contributed by atoms with Crippen LogP contribution >= 0.6 is 0 Å². The van der Waals surface area contributed by atoms with Crippen LogP contribution in [0.15, 0.2) is 12.2 Å². The van der Waals surface area contributed by atoms with Gasteiger partial charge in [0.05, 0.1) is 6.61 Å². The van der Waals surface area contributed by atoms with Gasteiger partial charge in [0.15, 0.2) is 6.10 Å². The molecule has 1 atom stereocenters. The minimum Gasteiger partial charge on any atom is -0.462 e. The van der Waals surface area contributed by atoms with E-state index in [0.29, 0.717) is 12.8 Å². The smallest absolute Gasteiger partial charge is 0.306 e. The van der Waals surface area contributed by atoms with Crippen LogP contribution in [-0.4, -0.2) is 36.4 Å². The molecule has 1 unspecified atom stereocenters. The Hall–Kier alpha value is -1.36. The normalized spacial score (nSPS) is 12.1. The zero-order chi connectivity index (χ0) is 47.0. The molecule has 0 spiro atoms. The molecule has 1 N–H and O–H groups in total. The molecule has 0 aromatic carbocycles. The number of hydrogen-bond acceptors (Lipinski definition) is 5. The first-order valence-corrected chi connectivity index (χ1v) is 29.7. The van der Waals surface area contributed by atoms with Crippen LogP contribution < -0.4 is 0 Å². The summed E-state index contributed by atoms with van der Waals surface area (Å²) in [6, 6.07) is 0. The van der Waals surface area contributed by atoms with Crippen molar-refractivity contribution >= 4 is 11.9 Å². The summed E-state index contributed by atoms with van der Waals surface area (Å²) < 4.78 is 10.7. The highest BCUT2D eigenvalue weighted by Crippen LogP contribution is 2.18. The summed E-state index contributed by atoms with van der Waals surface area (Å²) in [5.41, 5.74) is 0. The number of rotatable bonds is 56. The maximum absolute atomic E-state index is 12.2. The Morgan fingerprint density at radius 2 is 0.569 bits per heavy atom. The molecule has 0 bridgehead atoms. The van der Waals surface area contributed by atoms with Crippen LogP contribution in [0.25, 0.3) is 0 Å². The highest BCUT2D eigenvalue weighted by atomic mass is 16.6. The van der Waals surface area contributed by atoms with Crippen molar-refractivity contribution in [1.29, 1.82) is 0 Å². The third kappa shape index (κ3) is 55.1. The molecule has 0 aromatic rings. The molecule has 0 saturated heterocycles. The van der Waals surface area contributed by atoms with Crippen LogP contribution in [0.1, 0.15) is 341 Å². The van der Waals surface area contributed by atoms with Gasteiger partial charge in [0, 0.05) is 12.8 Å². The number of unbranched alkanes of at least 4 members (excludes halogenated alkanes) is 46. The van der Waals surface area contributed by atoms with E-state index in [2.05, 4.69) is 26.0 Å². The Kier molecular flexibility index (Phi) is 55.8. The molecule has 0 fully saturated rings. The molecule has 0 aliphatic carbocycles. The summed E-state index contributed by atoms with van der Waals surface area (Å²) in [5.74, 6) is -0.583. The van der Waals surface area contributed by atoms with E-state index >= 15 is 0 Å². The van der Waals surface area contributed by atoms with Crippen molar-refractivity contribution < 1.29 is 24.2 Å². The van der Waals surface area contributed by atoms with Crippen molar-refractivity contribution in [2.24, 2.45) is 0 Å². The second-order valence-electron chi connectivity index (χ2n) is 20.4. The van der Waals surface area contributed by atoms with Crippen LogP contribution in [0.2, 0.25) is 0 Å². The predicted octanol–water partition coefficient (Wildman–Crippen LogP) is 19.9. The van der Waals surface area contributed by atoms with Gasteiger partial charge in [-0.25, -0.2) is 0 Å². The number of carbonyl (C=O) groups excluding carboxylic acids is 2. The maximum atomic E-state index is 12.2. The van der Waals surface area contributed by atoms with E-state index in [1.54, 1.807) is 0 Å². The highest BCUT2D eigenvalue weighted by molar-refractivity contribution is 5.70. The fraction of sp³-hybridized carbons (Fsp3) is 0.933. The zero-order valence-corrected chi connectivity index (χ0v) is 44.3. The van der Waals surface area contributed by atoms with Crippen LogP contribution in [0, 0.1) is 0 Å². The average Bonchev–Trinajstić information content (AvgIpc) is 3.31. The number of hydrogen-bond donors (Lipinski definition) is 1. The lowest BCUT2D eigenvalue weighted by Gasteiger charge is -2.15. The lowest BCUT2D eigenvalue weighted by atomic mass is 10.0. The van der Waals surface area contributed by atoms with E-state index in [1.807, 2.05) is 0 Å². The summed E-state index contributed by atoms with van der Waals surface area (Å²) >= 11 is 0. The van der Waals surface area contributed by atoms with Gasteiger partial charge in [-0.1, -0.05) is 302 Å². The van der Waals surface area contributed by atoms with Gasteiger partial charge >= 0.3 is 11.9 Å². The molecule has 65 heavy (non-hydrogen) atoms. The van der Waals surface area contributed by atoms with E-state index < -0.39 is 6.10 Å². The lowest BCUT2D eigenvalue weighted by Crippen LogP contribution is -2.28. The Morgan fingerprint density at radius 1 is 0.338 bits per heavy atom. The molecule has 0 rings (SSSR count). The predicted molar refractivity (Wildman–Crippen MR) is 284 cm³/mol. The van der Waals surface area contributed by atoms with Gasteiger partial charge in [0.1, 0.15) is 6.61 Å². The maximum Gasteiger partial charge on any atom is 0.306 e. The van der Waals surface area contributed by atoms with Crippen LogP contribution in [0.4, 0.5) is 0 Å². The van der Waals surface area contributed by atoms with Crippen molar-refractivity contribution in [3.63, 3.8) is 0 Å². The Labute approximate surface area is 407 Å². The Balaban J connectivity index is 3.32. The number of carbonyl (C=O) groups is 2. The second kappa shape index (κ2) is 57.0. The molecular weight excluding hydrogens is 801 g/mol. The molecule has 0 saturated carbocycles. The van der Waals surface area contributed by atoms with E-state index in [0.717, 1.165) is 38.5 Å². The number of allylic oxidation sites excluding steroid dienone is 2. The molecule has 0 aliphatic heterocycles. The summed E-state index contributed by atoms with van der Waals surface area (Å²) in [7, 11) is 0. The summed E-state index contributed by atoms with van der Waals surface area (Å²) in [4.78, 5) is 24.4. The zero-order valence-electron chi connectivity index (χ0n) is 44.3. The van der Waals surface area contributed by atoms with Crippen molar-refractivity contribution in [3.05, 3.63) is 12.2 Å². The molecule has 386 valence electrons. The molecule has 0 amide bonds. The summed E-state index contributed by atoms with van der Waals surface area (Å²) in [6.07, 6.45) is 70.9. The molecule has 5 heteroatoms. The van der Waals surface area contributed by atoms with Gasteiger partial charge in [-0.15, -0.1) is 0 Å². The largest absolute Gasteiger partial charge is 0.462 e. The highest BCUT2D eigenvalue weighted by Gasteiger charge is 2.16. The molecule has 0 aromatic heterocycles. The van der Waals surface area contributed by atoms with Crippen molar-refractivity contribution in [3.8, 4) is 0 Å². The van der Waals surface area contributed by atoms with Crippen molar-refractivity contribution in [2.45, 2.75) is 347 Å². The number of esters is 2. The van der Waals surface area contributed by atoms with E-state index in [1.165, 1.54) is 276 Å². The topological polar surface area (TPSA) is 72.8 Å². The van der Waals surface area contributed by atoms with Crippen LogP contribution in [0.5, 0.6) is 0 Å². The Bertz CT molecular complexity index is 948. The van der Waals surface area contributed by atoms with E-state index in [9.17, 15) is 14.7 Å². The molecule has 5 nitrogen and oxygen atoms in total. The quantitative estimate of drug-likeness (QED) is 0.0374. The molecule has 0 radical (unpaired) electrons. The van der Waals surface area contributed by atoms with Crippen molar-refractivity contribution in [2.75, 3.05) is 13.2 Å². The van der Waals surface area contributed by atoms with E-state index in [-0.39, 0.29) is 25.2 Å². The van der Waals surface area contributed by atoms with Gasteiger partial charge in [-0.2, -0.15) is 0 Å². The first kappa shape index (κ1) is 63.6. The number of aliphatic hydroxyl groups excluding tert-OH is 1. The van der Waals surface area contributed by atoms with Crippen LogP contribution in [0.3, 0.4) is 0 Å². The summed E-state index contributed by atoms with van der Waals surface area (Å²) in [6.45, 7) is 4.16. The Morgan fingerprint density at radius 3 is 0.846 bits per heavy atom. The lowest BCUT2D eigenvalue weighted by molar-refractivity contribution is -0.161. The van der Waals surface area contributed by atoms with Gasteiger partial charge in [0.25, 0.3) is 0 Å². The second-order valence-corrected chi connectivity index (χ2v) is 20.4. The average molecular weight is 918 g/mol. The standard InChI is InChI=1S/C60H116O5/c1-3-5-7-9-11-13-15-17-18-19-20-21-22-23-24-25-26-27-28-29-30-31-32-33-34-35-36-37-38-39-40-41-43-44-46-48-50-52-54-59(62)64-57-58(56-61)65-60(63)55-53-51-49-47-45-42-16-14-12-10-8-6-4-2/h14,16,58,61H,3-13,15,17-57H2,1-2H3/b16-14-. The van der Waals surface area contributed by atoms with Gasteiger partial charge in [-0.05, 0) is 38.5 Å². The minimum atomic E-state index is -0.770. The van der Waals surface area contributed by atoms with Gasteiger partial charge < -0.3 is 14.6 Å². The molecule has 0 aliphatic rings. The minimum absolute atomic E-state index is 0.0626. The first-order valence-electron chi connectivity index (χ1n) is 29.7. The van der Waals surface area contributed by atoms with Gasteiger partial charge in [0.2, 0.25) is 0 Å². The SMILES string of the molecule is CCCCCC/C=C\CCCCCCCC(=O)OC(CO)COC(=O)CCCCCCCCCCCCCCCCCCCCCCCCCCCCCCCCCCCCCCCC. The number of ether oxygens (including phenoxy) is 2.